The number of fused-ring (bicyclic) bond motifs is 4. The van der Waals surface area contributed by atoms with Gasteiger partial charge in [-0.1, -0.05) is 177 Å². The molecule has 59 heavy (non-hydrogen) atoms. The third kappa shape index (κ3) is 11.5. The van der Waals surface area contributed by atoms with Crippen LogP contribution in [0.5, 0.6) is 0 Å². The number of unbranched alkanes of at least 4 members (excludes halogenated alkanes) is 2. The normalized spacial score (nSPS) is 10.5. The monoisotopic (exact) mass is 860 g/mol. The molecule has 0 fully saturated rings. The summed E-state index contributed by atoms with van der Waals surface area (Å²) in [5.41, 5.74) is 9.54. The number of benzene rings is 7. The van der Waals surface area contributed by atoms with E-state index >= 15 is 0 Å². The van der Waals surface area contributed by atoms with Gasteiger partial charge in [0.1, 0.15) is 0 Å². The minimum absolute atomic E-state index is 0. The van der Waals surface area contributed by atoms with E-state index in [1.807, 2.05) is 9.85 Å². The largest absolute Gasteiger partial charge is 4.00 e. The first-order valence-corrected chi connectivity index (χ1v) is 21.8. The Bertz CT molecular complexity index is 2500. The molecule has 0 atom stereocenters. The molecule has 0 bridgehead atoms. The van der Waals surface area contributed by atoms with Crippen molar-refractivity contribution < 1.29 is 26.2 Å². The van der Waals surface area contributed by atoms with Crippen molar-refractivity contribution in [2.24, 2.45) is 0 Å². The Morgan fingerprint density at radius 2 is 0.915 bits per heavy atom. The van der Waals surface area contributed by atoms with Crippen LogP contribution in [0.3, 0.4) is 0 Å². The van der Waals surface area contributed by atoms with Crippen LogP contribution in [0.4, 0.5) is 0 Å². The van der Waals surface area contributed by atoms with Crippen molar-refractivity contribution in [1.29, 1.82) is 0 Å². The molecule has 0 aliphatic carbocycles. The Labute approximate surface area is 376 Å². The maximum Gasteiger partial charge on any atom is 4.00 e. The van der Waals surface area contributed by atoms with Crippen LogP contribution in [-0.4, -0.2) is 15.0 Å². The van der Waals surface area contributed by atoms with Gasteiger partial charge in [0.25, 0.3) is 0 Å². The van der Waals surface area contributed by atoms with Crippen molar-refractivity contribution in [2.75, 3.05) is 0 Å². The van der Waals surface area contributed by atoms with Gasteiger partial charge in [-0.15, -0.1) is 69.1 Å². The maximum atomic E-state index is 3.60. The molecule has 294 valence electrons. The van der Waals surface area contributed by atoms with Crippen LogP contribution in [0, 0.1) is 13.3 Å². The smallest absolute Gasteiger partial charge is 0.343 e. The topological polar surface area (TPSA) is 0 Å². The molecule has 9 aromatic carbocycles. The molecule has 0 heterocycles. The van der Waals surface area contributed by atoms with E-state index in [1.165, 1.54) is 106 Å². The first kappa shape index (κ1) is 45.3. The first-order valence-electron chi connectivity index (χ1n) is 21.1. The third-order valence-corrected chi connectivity index (χ3v) is 11.6. The summed E-state index contributed by atoms with van der Waals surface area (Å²) in [5.74, 6) is 0. The van der Waals surface area contributed by atoms with Crippen molar-refractivity contribution in [2.45, 2.75) is 66.2 Å². The SMILES string of the molecule is CCc1cc2c(-c3cccc4ccccc34)cccc2[cH-]1.CCc1cc2c(-c3cccc4ccccc34)cccc2[cH-]1.C[CH-]CCC(=[SiH2])c1ccccc1.[CH2-]CCC.[Zr+4]. The van der Waals surface area contributed by atoms with Gasteiger partial charge in [0, 0.05) is 0 Å². The van der Waals surface area contributed by atoms with Crippen LogP contribution in [0.2, 0.25) is 0 Å². The van der Waals surface area contributed by atoms with E-state index in [-0.39, 0.29) is 26.2 Å². The number of hydrogen-bond acceptors (Lipinski definition) is 0. The molecule has 0 saturated heterocycles. The van der Waals surface area contributed by atoms with Crippen LogP contribution in [-0.2, 0) is 39.0 Å². The fraction of sp³-hybridized carbons (Fsp3) is 0.175. The second-order valence-electron chi connectivity index (χ2n) is 14.9. The summed E-state index contributed by atoms with van der Waals surface area (Å²) in [6, 6.07) is 63.5. The molecule has 0 unspecified atom stereocenters. The van der Waals surface area contributed by atoms with Crippen LogP contribution in [0.1, 0.15) is 70.1 Å². The summed E-state index contributed by atoms with van der Waals surface area (Å²) in [5, 5.41) is 12.2. The Morgan fingerprint density at radius 1 is 0.525 bits per heavy atom. The van der Waals surface area contributed by atoms with Crippen molar-refractivity contribution in [3.63, 3.8) is 0 Å². The van der Waals surface area contributed by atoms with Crippen molar-refractivity contribution in [1.82, 2.24) is 0 Å². The molecule has 9 rings (SSSR count). The summed E-state index contributed by atoms with van der Waals surface area (Å²) in [6.07, 6.45) is 9.05. The van der Waals surface area contributed by atoms with Crippen LogP contribution in [0.15, 0.2) is 176 Å². The Kier molecular flexibility index (Phi) is 17.8. The van der Waals surface area contributed by atoms with Gasteiger partial charge in [-0.2, -0.15) is 31.9 Å². The summed E-state index contributed by atoms with van der Waals surface area (Å²) >= 11 is 0. The van der Waals surface area contributed by atoms with Crippen LogP contribution >= 0.6 is 0 Å². The molecule has 2 heteroatoms. The second kappa shape index (κ2) is 23.1. The Hall–Kier alpha value is -4.75. The molecular weight excluding hydrogens is 804 g/mol. The molecule has 0 spiro atoms. The Balaban J connectivity index is 0.000000165. The van der Waals surface area contributed by atoms with E-state index in [1.54, 1.807) is 0 Å². The van der Waals surface area contributed by atoms with Crippen molar-refractivity contribution in [3.8, 4) is 22.3 Å². The average Bonchev–Trinajstić information content (AvgIpc) is 3.93. The van der Waals surface area contributed by atoms with Crippen molar-refractivity contribution >= 4 is 58.1 Å². The van der Waals surface area contributed by atoms with E-state index in [4.69, 9.17) is 0 Å². The third-order valence-electron chi connectivity index (χ3n) is 10.9. The standard InChI is InChI=1S/2C21H17.C11H15Si.C4H9.Zr/c2*1-2-15-13-17-9-6-12-20(21(17)14-15)19-11-5-8-16-7-3-4-10-18(16)19;1-2-3-9-11(12)10-7-5-4-6-8-10;1-3-4-2;/h2*3-14H,2H2,1H3;2,4-8H,3,9,12H2,1H3;1,3-4H2,2H3;/q4*-1;+4. The van der Waals surface area contributed by atoms with Gasteiger partial charge in [-0.05, 0) is 60.9 Å². The van der Waals surface area contributed by atoms with E-state index in [9.17, 15) is 0 Å². The molecular formula is C57H58SiZr. The number of hydrogen-bond donors (Lipinski definition) is 0. The molecule has 0 aromatic heterocycles. The summed E-state index contributed by atoms with van der Waals surface area (Å²) in [4.78, 5) is 0. The quantitative estimate of drug-likeness (QED) is 0.100. The minimum Gasteiger partial charge on any atom is -0.343 e. The van der Waals surface area contributed by atoms with Gasteiger partial charge in [0.15, 0.2) is 0 Å². The first-order chi connectivity index (χ1) is 28.5. The minimum atomic E-state index is 0. The predicted octanol–water partition coefficient (Wildman–Crippen LogP) is 15.3. The molecule has 0 radical (unpaired) electrons. The van der Waals surface area contributed by atoms with Gasteiger partial charge >= 0.3 is 26.2 Å². The van der Waals surface area contributed by atoms with Crippen molar-refractivity contribution in [3.05, 3.63) is 206 Å². The molecule has 0 aliphatic heterocycles. The zero-order valence-corrected chi connectivity index (χ0v) is 39.3. The number of rotatable bonds is 9. The molecule has 0 saturated carbocycles. The van der Waals surface area contributed by atoms with E-state index in [0.717, 1.165) is 19.3 Å². The van der Waals surface area contributed by atoms with Crippen LogP contribution in [0.25, 0.3) is 65.3 Å². The summed E-state index contributed by atoms with van der Waals surface area (Å²) in [7, 11) is 2.00. The molecule has 9 aromatic rings. The fourth-order valence-corrected chi connectivity index (χ4v) is 7.97. The number of aryl methyl sites for hydroxylation is 2. The molecule has 0 N–H and O–H groups in total. The zero-order chi connectivity index (χ0) is 40.7. The fourth-order valence-electron chi connectivity index (χ4n) is 7.53. The molecule has 0 amide bonds. The maximum absolute atomic E-state index is 3.60. The predicted molar refractivity (Wildman–Crippen MR) is 262 cm³/mol. The van der Waals surface area contributed by atoms with E-state index in [2.05, 4.69) is 217 Å². The summed E-state index contributed by atoms with van der Waals surface area (Å²) < 4.78 is 0. The average molecular weight is 862 g/mol. The van der Waals surface area contributed by atoms with E-state index < -0.39 is 0 Å². The molecule has 0 aliphatic rings. The zero-order valence-electron chi connectivity index (χ0n) is 35.5. The molecule has 0 nitrogen and oxygen atoms in total. The van der Waals surface area contributed by atoms with E-state index in [0.29, 0.717) is 0 Å². The second-order valence-corrected chi connectivity index (χ2v) is 15.7. The Morgan fingerprint density at radius 3 is 1.34 bits per heavy atom. The van der Waals surface area contributed by atoms with Gasteiger partial charge in [-0.3, -0.25) is 0 Å². The summed E-state index contributed by atoms with van der Waals surface area (Å²) in [6.45, 7) is 12.3. The van der Waals surface area contributed by atoms with Gasteiger partial charge in [0.2, 0.25) is 0 Å². The van der Waals surface area contributed by atoms with Gasteiger partial charge < -0.3 is 13.3 Å². The van der Waals surface area contributed by atoms with Gasteiger partial charge in [-0.25, -0.2) is 0 Å². The van der Waals surface area contributed by atoms with Crippen LogP contribution < -0.4 is 0 Å². The van der Waals surface area contributed by atoms with Gasteiger partial charge in [0.05, 0.1) is 0 Å².